The Labute approximate surface area is 101 Å². The van der Waals surface area contributed by atoms with E-state index in [1.54, 1.807) is 0 Å². The monoisotopic (exact) mass is 253 g/mol. The molecule has 7 nitrogen and oxygen atoms in total. The second kappa shape index (κ2) is 4.79. The highest BCUT2D eigenvalue weighted by molar-refractivity contribution is 6.32. The molecule has 88 valence electrons. The lowest BCUT2D eigenvalue weighted by Gasteiger charge is -2.03. The first-order valence-electron chi connectivity index (χ1n) is 4.66. The fourth-order valence-electron chi connectivity index (χ4n) is 1.17. The Bertz CT molecular complexity index is 528. The van der Waals surface area contributed by atoms with E-state index >= 15 is 0 Å². The molecule has 0 aliphatic carbocycles. The second-order valence-electron chi connectivity index (χ2n) is 3.18. The van der Waals surface area contributed by atoms with E-state index in [0.717, 1.165) is 0 Å². The number of nitrogens with one attached hydrogen (secondary N) is 2. The van der Waals surface area contributed by atoms with Crippen LogP contribution in [-0.4, -0.2) is 31.6 Å². The first kappa shape index (κ1) is 11.3. The number of nitrogens with zero attached hydrogens (tertiary/aromatic N) is 3. The minimum absolute atomic E-state index is 0.0682. The molecule has 3 N–H and O–H groups in total. The Morgan fingerprint density at radius 3 is 3.00 bits per heavy atom. The van der Waals surface area contributed by atoms with Crippen molar-refractivity contribution < 1.29 is 9.90 Å². The number of tetrazole rings is 1. The van der Waals surface area contributed by atoms with Crippen molar-refractivity contribution in [2.45, 2.75) is 6.54 Å². The molecule has 8 heteroatoms. The maximum atomic E-state index is 11.7. The standard InChI is InChI=1S/C9H8ClN5O2/c10-6-3-5(1-2-7(6)16)9(17)11-4-8-12-14-15-13-8/h1-3,16H,4H2,(H,11,17)(H,12,13,14,15). The Balaban J connectivity index is 2.02. The largest absolute Gasteiger partial charge is 0.506 e. The highest BCUT2D eigenvalue weighted by Crippen LogP contribution is 2.23. The third kappa shape index (κ3) is 2.70. The lowest BCUT2D eigenvalue weighted by atomic mass is 10.2. The SMILES string of the molecule is O=C(NCc1nn[nH]n1)c1ccc(O)c(Cl)c1. The van der Waals surface area contributed by atoms with E-state index < -0.39 is 0 Å². The number of hydrogen-bond donors (Lipinski definition) is 3. The summed E-state index contributed by atoms with van der Waals surface area (Å²) in [6.45, 7) is 0.161. The van der Waals surface area contributed by atoms with Gasteiger partial charge in [-0.1, -0.05) is 16.8 Å². The number of H-pyrrole nitrogens is 1. The van der Waals surface area contributed by atoms with Gasteiger partial charge in [-0.05, 0) is 18.2 Å². The molecule has 1 amide bonds. The normalized spacial score (nSPS) is 10.2. The minimum Gasteiger partial charge on any atom is -0.506 e. The molecule has 0 spiro atoms. The summed E-state index contributed by atoms with van der Waals surface area (Å²) in [5, 5.41) is 24.9. The Kier molecular flexibility index (Phi) is 3.20. The van der Waals surface area contributed by atoms with Crippen LogP contribution in [0.4, 0.5) is 0 Å². The zero-order chi connectivity index (χ0) is 12.3. The van der Waals surface area contributed by atoms with E-state index in [1.165, 1.54) is 18.2 Å². The van der Waals surface area contributed by atoms with Gasteiger partial charge in [0.05, 0.1) is 11.6 Å². The fourth-order valence-corrected chi connectivity index (χ4v) is 1.35. The highest BCUT2D eigenvalue weighted by Gasteiger charge is 2.09. The number of carbonyl (C=O) groups is 1. The maximum absolute atomic E-state index is 11.7. The lowest BCUT2D eigenvalue weighted by Crippen LogP contribution is -2.23. The van der Waals surface area contributed by atoms with Gasteiger partial charge in [0.1, 0.15) is 5.75 Å². The Hall–Kier alpha value is -2.15. The zero-order valence-corrected chi connectivity index (χ0v) is 9.27. The van der Waals surface area contributed by atoms with Crippen molar-refractivity contribution in [2.24, 2.45) is 0 Å². The first-order valence-corrected chi connectivity index (χ1v) is 5.03. The molecule has 1 aromatic carbocycles. The van der Waals surface area contributed by atoms with Crippen LogP contribution in [0.2, 0.25) is 5.02 Å². The molecule has 0 radical (unpaired) electrons. The molecule has 0 atom stereocenters. The zero-order valence-electron chi connectivity index (χ0n) is 8.51. The summed E-state index contributed by atoms with van der Waals surface area (Å²) in [5.41, 5.74) is 0.344. The van der Waals surface area contributed by atoms with Gasteiger partial charge in [-0.3, -0.25) is 4.79 Å². The molecule has 0 saturated heterocycles. The third-order valence-electron chi connectivity index (χ3n) is 2.01. The molecule has 2 rings (SSSR count). The predicted octanol–water partition coefficient (Wildman–Crippen LogP) is 0.489. The molecule has 1 aromatic heterocycles. The Morgan fingerprint density at radius 1 is 1.53 bits per heavy atom. The molecule has 0 fully saturated rings. The smallest absolute Gasteiger partial charge is 0.251 e. The van der Waals surface area contributed by atoms with Crippen molar-refractivity contribution in [2.75, 3.05) is 0 Å². The number of aromatic amines is 1. The quantitative estimate of drug-likeness (QED) is 0.738. The van der Waals surface area contributed by atoms with Crippen LogP contribution >= 0.6 is 11.6 Å². The van der Waals surface area contributed by atoms with Crippen LogP contribution in [0.3, 0.4) is 0 Å². The van der Waals surface area contributed by atoms with Gasteiger partial charge in [0.25, 0.3) is 5.91 Å². The lowest BCUT2D eigenvalue weighted by molar-refractivity contribution is 0.0950. The van der Waals surface area contributed by atoms with Crippen LogP contribution < -0.4 is 5.32 Å². The molecule has 0 saturated carbocycles. The summed E-state index contributed by atoms with van der Waals surface area (Å²) in [7, 11) is 0. The number of amides is 1. The van der Waals surface area contributed by atoms with Gasteiger partial charge in [0, 0.05) is 5.56 Å². The van der Waals surface area contributed by atoms with Gasteiger partial charge in [-0.25, -0.2) is 0 Å². The van der Waals surface area contributed by atoms with Crippen LogP contribution in [0, 0.1) is 0 Å². The molecular formula is C9H8ClN5O2. The maximum Gasteiger partial charge on any atom is 0.251 e. The summed E-state index contributed by atoms with van der Waals surface area (Å²) in [5.74, 6) is -0.0266. The molecular weight excluding hydrogens is 246 g/mol. The van der Waals surface area contributed by atoms with Crippen LogP contribution in [0.1, 0.15) is 16.2 Å². The van der Waals surface area contributed by atoms with Gasteiger partial charge in [-0.15, -0.1) is 10.2 Å². The summed E-state index contributed by atoms with van der Waals surface area (Å²) in [4.78, 5) is 11.7. The summed E-state index contributed by atoms with van der Waals surface area (Å²) >= 11 is 5.69. The number of hydrogen-bond acceptors (Lipinski definition) is 5. The topological polar surface area (TPSA) is 104 Å². The summed E-state index contributed by atoms with van der Waals surface area (Å²) in [6.07, 6.45) is 0. The molecule has 0 bridgehead atoms. The van der Waals surface area contributed by atoms with E-state index in [2.05, 4.69) is 25.9 Å². The number of aromatic hydroxyl groups is 1. The van der Waals surface area contributed by atoms with Crippen molar-refractivity contribution in [3.05, 3.63) is 34.6 Å². The van der Waals surface area contributed by atoms with Gasteiger partial charge in [0.15, 0.2) is 5.82 Å². The van der Waals surface area contributed by atoms with Crippen LogP contribution in [0.5, 0.6) is 5.75 Å². The molecule has 0 unspecified atom stereocenters. The fraction of sp³-hybridized carbons (Fsp3) is 0.111. The van der Waals surface area contributed by atoms with E-state index in [-0.39, 0.29) is 23.2 Å². The van der Waals surface area contributed by atoms with E-state index in [0.29, 0.717) is 11.4 Å². The average Bonchev–Trinajstić information content (AvgIpc) is 2.82. The first-order chi connectivity index (χ1) is 8.16. The van der Waals surface area contributed by atoms with Crippen molar-refractivity contribution in [3.8, 4) is 5.75 Å². The number of carbonyl (C=O) groups excluding carboxylic acids is 1. The molecule has 1 heterocycles. The number of phenolic OH excluding ortho intramolecular Hbond substituents is 1. The van der Waals surface area contributed by atoms with Crippen LogP contribution in [-0.2, 0) is 6.54 Å². The van der Waals surface area contributed by atoms with Crippen molar-refractivity contribution in [3.63, 3.8) is 0 Å². The van der Waals surface area contributed by atoms with Crippen LogP contribution in [0.15, 0.2) is 18.2 Å². The predicted molar refractivity (Wildman–Crippen MR) is 58.5 cm³/mol. The molecule has 0 aliphatic rings. The third-order valence-corrected chi connectivity index (χ3v) is 2.31. The van der Waals surface area contributed by atoms with Gasteiger partial charge in [0.2, 0.25) is 0 Å². The second-order valence-corrected chi connectivity index (χ2v) is 3.58. The van der Waals surface area contributed by atoms with E-state index in [9.17, 15) is 9.90 Å². The van der Waals surface area contributed by atoms with Gasteiger partial charge >= 0.3 is 0 Å². The Morgan fingerprint density at radius 2 is 2.35 bits per heavy atom. The van der Waals surface area contributed by atoms with Crippen LogP contribution in [0.25, 0.3) is 0 Å². The van der Waals surface area contributed by atoms with Crippen molar-refractivity contribution in [1.29, 1.82) is 0 Å². The van der Waals surface area contributed by atoms with Crippen molar-refractivity contribution in [1.82, 2.24) is 25.9 Å². The number of halogens is 1. The number of benzene rings is 1. The number of rotatable bonds is 3. The average molecular weight is 254 g/mol. The molecule has 17 heavy (non-hydrogen) atoms. The molecule has 0 aliphatic heterocycles. The highest BCUT2D eigenvalue weighted by atomic mass is 35.5. The number of phenols is 1. The summed E-state index contributed by atoms with van der Waals surface area (Å²) < 4.78 is 0. The van der Waals surface area contributed by atoms with Crippen molar-refractivity contribution >= 4 is 17.5 Å². The van der Waals surface area contributed by atoms with E-state index in [1.807, 2.05) is 0 Å². The van der Waals surface area contributed by atoms with Gasteiger partial charge in [-0.2, -0.15) is 5.21 Å². The minimum atomic E-state index is -0.336. The number of aromatic nitrogens is 4. The van der Waals surface area contributed by atoms with Gasteiger partial charge < -0.3 is 10.4 Å². The molecule has 2 aromatic rings. The van der Waals surface area contributed by atoms with E-state index in [4.69, 9.17) is 11.6 Å². The summed E-state index contributed by atoms with van der Waals surface area (Å²) in [6, 6.07) is 4.20.